The van der Waals surface area contributed by atoms with Crippen LogP contribution in [0.25, 0.3) is 33.5 Å². The summed E-state index contributed by atoms with van der Waals surface area (Å²) < 4.78 is 7.79. The summed E-state index contributed by atoms with van der Waals surface area (Å²) in [6.07, 6.45) is 1.88. The van der Waals surface area contributed by atoms with Crippen molar-refractivity contribution in [3.63, 3.8) is 0 Å². The van der Waals surface area contributed by atoms with Crippen LogP contribution in [0.2, 0.25) is 0 Å². The molecule has 0 bridgehead atoms. The number of ether oxygens (including phenoxy) is 1. The molecule has 0 N–H and O–H groups in total. The van der Waals surface area contributed by atoms with Crippen LogP contribution in [0, 0.1) is 11.3 Å². The Morgan fingerprint density at radius 1 is 1.11 bits per heavy atom. The lowest BCUT2D eigenvalue weighted by atomic mass is 10.0. The van der Waals surface area contributed by atoms with E-state index in [1.54, 1.807) is 0 Å². The number of fused-ring (bicyclic) bond motifs is 2. The predicted octanol–water partition coefficient (Wildman–Crippen LogP) is 5.19. The van der Waals surface area contributed by atoms with Crippen LogP contribution >= 0.6 is 0 Å². The van der Waals surface area contributed by atoms with Crippen molar-refractivity contribution in [1.82, 2.24) is 9.55 Å². The summed E-state index contributed by atoms with van der Waals surface area (Å²) in [6, 6.07) is 22.3. The number of hydrogen-bond donors (Lipinski definition) is 0. The van der Waals surface area contributed by atoms with Crippen LogP contribution < -0.4 is 4.74 Å². The van der Waals surface area contributed by atoms with E-state index in [0.717, 1.165) is 33.1 Å². The van der Waals surface area contributed by atoms with E-state index >= 15 is 0 Å². The number of nitriles is 1. The third-order valence-corrected chi connectivity index (χ3v) is 4.67. The molecular weight excluding hydrogens is 334 g/mol. The molecular formula is C23H19N3O. The van der Waals surface area contributed by atoms with Gasteiger partial charge in [-0.05, 0) is 42.0 Å². The number of rotatable bonds is 4. The summed E-state index contributed by atoms with van der Waals surface area (Å²) in [4.78, 5) is 4.67. The van der Waals surface area contributed by atoms with Crippen molar-refractivity contribution in [2.45, 2.75) is 6.92 Å². The number of aromatic nitrogens is 2. The molecule has 1 aromatic heterocycles. The minimum Gasteiger partial charge on any atom is -0.493 e. The zero-order valence-electron chi connectivity index (χ0n) is 15.3. The van der Waals surface area contributed by atoms with E-state index in [0.29, 0.717) is 18.0 Å². The summed E-state index contributed by atoms with van der Waals surface area (Å²) >= 11 is 0. The molecule has 4 rings (SSSR count). The minimum absolute atomic E-state index is 0.506. The van der Waals surface area contributed by atoms with Gasteiger partial charge in [-0.25, -0.2) is 4.98 Å². The maximum Gasteiger partial charge on any atom is 0.151 e. The Balaban J connectivity index is 1.96. The van der Waals surface area contributed by atoms with E-state index in [-0.39, 0.29) is 0 Å². The molecule has 0 radical (unpaired) electrons. The van der Waals surface area contributed by atoms with Crippen molar-refractivity contribution in [2.75, 3.05) is 6.61 Å². The van der Waals surface area contributed by atoms with E-state index < -0.39 is 0 Å². The van der Waals surface area contributed by atoms with Crippen LogP contribution in [0.15, 0.2) is 60.7 Å². The number of benzene rings is 3. The molecule has 0 aliphatic heterocycles. The van der Waals surface area contributed by atoms with Crippen LogP contribution in [-0.4, -0.2) is 16.2 Å². The van der Waals surface area contributed by atoms with E-state index in [1.165, 1.54) is 0 Å². The van der Waals surface area contributed by atoms with Crippen LogP contribution in [0.3, 0.4) is 0 Å². The Bertz CT molecular complexity index is 1210. The lowest BCUT2D eigenvalue weighted by molar-refractivity contribution is 0.340. The molecule has 0 aliphatic carbocycles. The lowest BCUT2D eigenvalue weighted by Gasteiger charge is -2.11. The topological polar surface area (TPSA) is 50.8 Å². The second-order valence-corrected chi connectivity index (χ2v) is 6.28. The van der Waals surface area contributed by atoms with Crippen LogP contribution in [-0.2, 0) is 7.05 Å². The molecule has 132 valence electrons. The predicted molar refractivity (Wildman–Crippen MR) is 109 cm³/mol. The van der Waals surface area contributed by atoms with Gasteiger partial charge in [0, 0.05) is 12.6 Å². The third-order valence-electron chi connectivity index (χ3n) is 4.67. The summed E-state index contributed by atoms with van der Waals surface area (Å²) in [6.45, 7) is 2.52. The first-order valence-electron chi connectivity index (χ1n) is 8.91. The van der Waals surface area contributed by atoms with Gasteiger partial charge in [0.1, 0.15) is 11.8 Å². The molecule has 4 heteroatoms. The number of para-hydroxylation sites is 2. The summed E-state index contributed by atoms with van der Waals surface area (Å²) in [5.74, 6) is 1.41. The van der Waals surface area contributed by atoms with Gasteiger partial charge in [-0.15, -0.1) is 0 Å². The first kappa shape index (κ1) is 16.9. The van der Waals surface area contributed by atoms with Gasteiger partial charge in [-0.2, -0.15) is 5.26 Å². The monoisotopic (exact) mass is 353 g/mol. The van der Waals surface area contributed by atoms with Crippen molar-refractivity contribution in [2.24, 2.45) is 7.05 Å². The summed E-state index contributed by atoms with van der Waals surface area (Å²) in [5, 5.41) is 12.0. The Kier molecular flexibility index (Phi) is 4.35. The average Bonchev–Trinajstić information content (AvgIpc) is 3.04. The number of imidazole rings is 1. The van der Waals surface area contributed by atoms with Crippen LogP contribution in [0.4, 0.5) is 0 Å². The Morgan fingerprint density at radius 3 is 2.67 bits per heavy atom. The van der Waals surface area contributed by atoms with Crippen molar-refractivity contribution >= 4 is 33.5 Å². The van der Waals surface area contributed by atoms with Gasteiger partial charge in [0.05, 0.1) is 23.2 Å². The zero-order chi connectivity index (χ0) is 18.8. The Hall–Kier alpha value is -3.58. The van der Waals surface area contributed by atoms with Gasteiger partial charge in [-0.3, -0.25) is 0 Å². The number of nitrogens with zero attached hydrogens (tertiary/aromatic N) is 3. The highest BCUT2D eigenvalue weighted by Gasteiger charge is 2.14. The molecule has 4 aromatic rings. The van der Waals surface area contributed by atoms with Gasteiger partial charge in [0.15, 0.2) is 5.82 Å². The molecule has 4 nitrogen and oxygen atoms in total. The second kappa shape index (κ2) is 6.97. The van der Waals surface area contributed by atoms with Crippen molar-refractivity contribution < 1.29 is 4.74 Å². The summed E-state index contributed by atoms with van der Waals surface area (Å²) in [5.41, 5.74) is 3.28. The zero-order valence-corrected chi connectivity index (χ0v) is 15.3. The maximum atomic E-state index is 9.87. The highest BCUT2D eigenvalue weighted by atomic mass is 16.5. The van der Waals surface area contributed by atoms with Gasteiger partial charge >= 0.3 is 0 Å². The SMILES string of the molecule is CCOc1ccc2ccccc2c1C=C(C#N)c1nc2ccccc2n1C. The van der Waals surface area contributed by atoms with E-state index in [1.807, 2.05) is 79.2 Å². The molecule has 0 fully saturated rings. The molecule has 0 saturated heterocycles. The third kappa shape index (κ3) is 2.94. The van der Waals surface area contributed by atoms with Gasteiger partial charge in [-0.1, -0.05) is 42.5 Å². The minimum atomic E-state index is 0.506. The number of allylic oxidation sites excluding steroid dienone is 1. The smallest absolute Gasteiger partial charge is 0.151 e. The first-order valence-corrected chi connectivity index (χ1v) is 8.91. The second-order valence-electron chi connectivity index (χ2n) is 6.28. The fourth-order valence-electron chi connectivity index (χ4n) is 3.38. The molecule has 0 saturated carbocycles. The maximum absolute atomic E-state index is 9.87. The van der Waals surface area contributed by atoms with Crippen LogP contribution in [0.5, 0.6) is 5.75 Å². The number of aryl methyl sites for hydroxylation is 1. The van der Waals surface area contributed by atoms with Crippen molar-refractivity contribution in [3.05, 3.63) is 72.1 Å². The molecule has 27 heavy (non-hydrogen) atoms. The average molecular weight is 353 g/mol. The molecule has 0 unspecified atom stereocenters. The molecule has 3 aromatic carbocycles. The highest BCUT2D eigenvalue weighted by molar-refractivity contribution is 6.00. The first-order chi connectivity index (χ1) is 13.2. The van der Waals surface area contributed by atoms with Crippen molar-refractivity contribution in [3.8, 4) is 11.8 Å². The van der Waals surface area contributed by atoms with Crippen LogP contribution in [0.1, 0.15) is 18.3 Å². The normalized spacial score (nSPS) is 11.7. The molecule has 1 heterocycles. The highest BCUT2D eigenvalue weighted by Crippen LogP contribution is 2.32. The van der Waals surface area contributed by atoms with Gasteiger partial charge in [0.2, 0.25) is 0 Å². The van der Waals surface area contributed by atoms with E-state index in [4.69, 9.17) is 4.74 Å². The van der Waals surface area contributed by atoms with Gasteiger partial charge < -0.3 is 9.30 Å². The van der Waals surface area contributed by atoms with E-state index in [9.17, 15) is 5.26 Å². The quantitative estimate of drug-likeness (QED) is 0.474. The molecule has 0 amide bonds. The standard InChI is InChI=1S/C23H19N3O/c1-3-27-22-13-12-16-8-4-5-9-18(16)19(22)14-17(15-24)23-25-20-10-6-7-11-21(20)26(23)2/h4-14H,3H2,1-2H3. The molecule has 0 atom stereocenters. The molecule has 0 spiro atoms. The fraction of sp³-hybridized carbons (Fsp3) is 0.130. The number of hydrogen-bond acceptors (Lipinski definition) is 3. The van der Waals surface area contributed by atoms with Crippen molar-refractivity contribution in [1.29, 1.82) is 5.26 Å². The fourth-order valence-corrected chi connectivity index (χ4v) is 3.38. The lowest BCUT2D eigenvalue weighted by Crippen LogP contribution is -1.98. The van der Waals surface area contributed by atoms with Gasteiger partial charge in [0.25, 0.3) is 0 Å². The summed E-state index contributed by atoms with van der Waals surface area (Å²) in [7, 11) is 1.93. The Morgan fingerprint density at radius 2 is 1.89 bits per heavy atom. The Labute approximate surface area is 157 Å². The largest absolute Gasteiger partial charge is 0.493 e. The molecule has 0 aliphatic rings. The van der Waals surface area contributed by atoms with E-state index in [2.05, 4.69) is 17.1 Å².